The summed E-state index contributed by atoms with van der Waals surface area (Å²) in [5.74, 6) is 2.47. The normalized spacial score (nSPS) is 17.2. The van der Waals surface area contributed by atoms with Gasteiger partial charge in [0, 0.05) is 0 Å². The number of epoxide rings is 1. The minimum absolute atomic E-state index is 0.283. The van der Waals surface area contributed by atoms with Crippen LogP contribution in [0, 0.1) is 0 Å². The van der Waals surface area contributed by atoms with Gasteiger partial charge in [0.05, 0.1) is 6.61 Å². The van der Waals surface area contributed by atoms with Crippen LogP contribution in [-0.4, -0.2) is 19.3 Å². The van der Waals surface area contributed by atoms with Gasteiger partial charge in [-0.05, 0) is 36.4 Å². The van der Waals surface area contributed by atoms with Crippen molar-refractivity contribution in [2.45, 2.75) is 6.10 Å². The lowest BCUT2D eigenvalue weighted by molar-refractivity contribution is 0.263. The third-order valence-corrected chi connectivity index (χ3v) is 2.64. The van der Waals surface area contributed by atoms with E-state index < -0.39 is 0 Å². The molecule has 1 saturated heterocycles. The maximum Gasteiger partial charge on any atom is 0.127 e. The van der Waals surface area contributed by atoms with Gasteiger partial charge in [-0.15, -0.1) is 0 Å². The van der Waals surface area contributed by atoms with Crippen LogP contribution in [0.25, 0.3) is 0 Å². The van der Waals surface area contributed by atoms with E-state index in [0.717, 1.165) is 23.9 Å². The summed E-state index contributed by atoms with van der Waals surface area (Å²) in [4.78, 5) is 0. The summed E-state index contributed by atoms with van der Waals surface area (Å²) >= 11 is 0. The number of ether oxygens (including phenoxy) is 3. The summed E-state index contributed by atoms with van der Waals surface area (Å²) in [5.41, 5.74) is 0. The molecule has 3 nitrogen and oxygen atoms in total. The van der Waals surface area contributed by atoms with Crippen molar-refractivity contribution in [1.29, 1.82) is 0 Å². The molecule has 0 bridgehead atoms. The first kappa shape index (κ1) is 11.1. The molecule has 2 aromatic carbocycles. The second-order valence-electron chi connectivity index (χ2n) is 4.15. The Labute approximate surface area is 106 Å². The van der Waals surface area contributed by atoms with Crippen molar-refractivity contribution in [2.75, 3.05) is 13.2 Å². The molecule has 92 valence electrons. The minimum atomic E-state index is 0.283. The van der Waals surface area contributed by atoms with Gasteiger partial charge in [0.1, 0.15) is 30.0 Å². The van der Waals surface area contributed by atoms with E-state index in [2.05, 4.69) is 0 Å². The van der Waals surface area contributed by atoms with Gasteiger partial charge >= 0.3 is 0 Å². The lowest BCUT2D eigenvalue weighted by atomic mass is 10.3. The molecule has 0 N–H and O–H groups in total. The molecule has 1 fully saturated rings. The maximum absolute atomic E-state index is 5.69. The van der Waals surface area contributed by atoms with E-state index in [0.29, 0.717) is 6.61 Å². The highest BCUT2D eigenvalue weighted by atomic mass is 16.6. The Morgan fingerprint density at radius 3 is 2.17 bits per heavy atom. The van der Waals surface area contributed by atoms with E-state index in [1.807, 2.05) is 54.6 Å². The number of hydrogen-bond donors (Lipinski definition) is 0. The van der Waals surface area contributed by atoms with E-state index in [1.54, 1.807) is 0 Å². The lowest BCUT2D eigenvalue weighted by Gasteiger charge is -2.07. The summed E-state index contributed by atoms with van der Waals surface area (Å²) in [6.45, 7) is 1.44. The minimum Gasteiger partial charge on any atom is -0.491 e. The molecule has 2 aromatic rings. The molecular weight excluding hydrogens is 228 g/mol. The second-order valence-corrected chi connectivity index (χ2v) is 4.15. The molecule has 0 aromatic heterocycles. The van der Waals surface area contributed by atoms with Crippen LogP contribution >= 0.6 is 0 Å². The average Bonchev–Trinajstić information content (AvgIpc) is 3.23. The molecule has 0 spiro atoms. The summed E-state index contributed by atoms with van der Waals surface area (Å²) in [5, 5.41) is 0. The predicted molar refractivity (Wildman–Crippen MR) is 68.2 cm³/mol. The zero-order chi connectivity index (χ0) is 12.2. The van der Waals surface area contributed by atoms with E-state index in [9.17, 15) is 0 Å². The van der Waals surface area contributed by atoms with E-state index in [1.165, 1.54) is 0 Å². The highest BCUT2D eigenvalue weighted by Crippen LogP contribution is 2.24. The lowest BCUT2D eigenvalue weighted by Crippen LogP contribution is -2.03. The third kappa shape index (κ3) is 3.02. The standard InChI is InChI=1S/C15H14O3/c1-2-4-13(5-3-1)18-14-8-6-12(7-9-14)16-10-15-11-17-15/h1-9,15H,10-11H2. The highest BCUT2D eigenvalue weighted by molar-refractivity contribution is 5.35. The van der Waals surface area contributed by atoms with Crippen LogP contribution in [0.2, 0.25) is 0 Å². The first-order valence-electron chi connectivity index (χ1n) is 5.97. The molecule has 0 radical (unpaired) electrons. The second kappa shape index (κ2) is 5.10. The van der Waals surface area contributed by atoms with Crippen LogP contribution in [0.4, 0.5) is 0 Å². The Hall–Kier alpha value is -2.00. The maximum atomic E-state index is 5.69. The van der Waals surface area contributed by atoms with Crippen LogP contribution in [0.1, 0.15) is 0 Å². The van der Waals surface area contributed by atoms with Crippen LogP contribution in [0.15, 0.2) is 54.6 Å². The first-order chi connectivity index (χ1) is 8.90. The fraction of sp³-hybridized carbons (Fsp3) is 0.200. The number of hydrogen-bond acceptors (Lipinski definition) is 3. The molecule has 1 heterocycles. The Kier molecular flexibility index (Phi) is 3.15. The molecule has 0 amide bonds. The molecule has 0 saturated carbocycles. The molecule has 1 aliphatic rings. The van der Waals surface area contributed by atoms with E-state index >= 15 is 0 Å². The fourth-order valence-corrected chi connectivity index (χ4v) is 1.58. The van der Waals surface area contributed by atoms with Crippen molar-refractivity contribution in [3.8, 4) is 17.2 Å². The average molecular weight is 242 g/mol. The first-order valence-corrected chi connectivity index (χ1v) is 5.97. The molecule has 3 rings (SSSR count). The van der Waals surface area contributed by atoms with Gasteiger partial charge < -0.3 is 14.2 Å². The summed E-state index contributed by atoms with van der Waals surface area (Å²) in [6, 6.07) is 17.3. The molecular formula is C15H14O3. The smallest absolute Gasteiger partial charge is 0.127 e. The SMILES string of the molecule is c1ccc(Oc2ccc(OCC3CO3)cc2)cc1. The van der Waals surface area contributed by atoms with Crippen LogP contribution < -0.4 is 9.47 Å². The van der Waals surface area contributed by atoms with Crippen LogP contribution in [0.3, 0.4) is 0 Å². The molecule has 1 unspecified atom stereocenters. The molecule has 0 aliphatic carbocycles. The number of para-hydroxylation sites is 1. The fourth-order valence-electron chi connectivity index (χ4n) is 1.58. The zero-order valence-corrected chi connectivity index (χ0v) is 9.91. The molecule has 18 heavy (non-hydrogen) atoms. The van der Waals surface area contributed by atoms with Gasteiger partial charge in [-0.25, -0.2) is 0 Å². The van der Waals surface area contributed by atoms with Gasteiger partial charge in [-0.1, -0.05) is 18.2 Å². The van der Waals surface area contributed by atoms with Gasteiger partial charge in [-0.2, -0.15) is 0 Å². The largest absolute Gasteiger partial charge is 0.491 e. The molecule has 1 atom stereocenters. The van der Waals surface area contributed by atoms with Crippen molar-refractivity contribution >= 4 is 0 Å². The molecule has 1 aliphatic heterocycles. The molecule has 3 heteroatoms. The summed E-state index contributed by atoms with van der Waals surface area (Å²) < 4.78 is 16.3. The van der Waals surface area contributed by atoms with Crippen LogP contribution in [-0.2, 0) is 4.74 Å². The summed E-state index contributed by atoms with van der Waals surface area (Å²) in [6.07, 6.45) is 0.283. The number of benzene rings is 2. The quantitative estimate of drug-likeness (QED) is 0.754. The van der Waals surface area contributed by atoms with Crippen LogP contribution in [0.5, 0.6) is 17.2 Å². The van der Waals surface area contributed by atoms with Gasteiger partial charge in [0.25, 0.3) is 0 Å². The Bertz CT molecular complexity index is 489. The van der Waals surface area contributed by atoms with E-state index in [4.69, 9.17) is 14.2 Å². The zero-order valence-electron chi connectivity index (χ0n) is 9.91. The van der Waals surface area contributed by atoms with Crippen molar-refractivity contribution < 1.29 is 14.2 Å². The third-order valence-electron chi connectivity index (χ3n) is 2.64. The highest BCUT2D eigenvalue weighted by Gasteiger charge is 2.22. The van der Waals surface area contributed by atoms with Gasteiger partial charge in [-0.3, -0.25) is 0 Å². The number of rotatable bonds is 5. The van der Waals surface area contributed by atoms with Gasteiger partial charge in [0.15, 0.2) is 0 Å². The Morgan fingerprint density at radius 2 is 1.50 bits per heavy atom. The van der Waals surface area contributed by atoms with Crippen molar-refractivity contribution in [1.82, 2.24) is 0 Å². The predicted octanol–water partition coefficient (Wildman–Crippen LogP) is 3.26. The van der Waals surface area contributed by atoms with Crippen molar-refractivity contribution in [3.63, 3.8) is 0 Å². The topological polar surface area (TPSA) is 31.0 Å². The Balaban J connectivity index is 1.59. The Morgan fingerprint density at radius 1 is 0.889 bits per heavy atom. The van der Waals surface area contributed by atoms with Crippen molar-refractivity contribution in [2.24, 2.45) is 0 Å². The monoisotopic (exact) mass is 242 g/mol. The van der Waals surface area contributed by atoms with Crippen molar-refractivity contribution in [3.05, 3.63) is 54.6 Å². The van der Waals surface area contributed by atoms with Gasteiger partial charge in [0.2, 0.25) is 0 Å². The van der Waals surface area contributed by atoms with E-state index in [-0.39, 0.29) is 6.10 Å². The summed E-state index contributed by atoms with van der Waals surface area (Å²) in [7, 11) is 0.